The summed E-state index contributed by atoms with van der Waals surface area (Å²) in [7, 11) is 0. The molecule has 0 aliphatic carbocycles. The van der Waals surface area contributed by atoms with Crippen LogP contribution in [-0.4, -0.2) is 28.2 Å². The Hall–Kier alpha value is -2.90. The van der Waals surface area contributed by atoms with Gasteiger partial charge in [-0.3, -0.25) is 0 Å². The largest absolute Gasteiger partial charge is 0.490 e. The highest BCUT2D eigenvalue weighted by Gasteiger charge is 2.14. The van der Waals surface area contributed by atoms with E-state index in [0.29, 0.717) is 35.6 Å². The first kappa shape index (κ1) is 20.4. The zero-order valence-electron chi connectivity index (χ0n) is 16.9. The van der Waals surface area contributed by atoms with E-state index in [-0.39, 0.29) is 0 Å². The van der Waals surface area contributed by atoms with Crippen LogP contribution in [0.15, 0.2) is 42.0 Å². The maximum atomic E-state index is 6.47. The van der Waals surface area contributed by atoms with Gasteiger partial charge < -0.3 is 14.8 Å². The maximum Gasteiger partial charge on any atom is 0.163 e. The van der Waals surface area contributed by atoms with Gasteiger partial charge in [0.15, 0.2) is 11.5 Å². The number of hydrogen-bond donors (Lipinski definition) is 1. The number of nitrogens with one attached hydrogen (secondary N) is 1. The molecule has 0 amide bonds. The standard InChI is InChI=1S/C22H21ClN4O2S/c1-4-28-20-9-15-17(10-21(20)29-5-2)24-12-25-22(15)27-18-8-14(6-7-16(18)23)19-11-30-13(3)26-19/h6-12H,4-5H2,1-3H3,(H,24,25,27). The number of halogens is 1. The molecule has 0 aliphatic rings. The van der Waals surface area contributed by atoms with Gasteiger partial charge in [0.25, 0.3) is 0 Å². The minimum atomic E-state index is 0.531. The zero-order valence-corrected chi connectivity index (χ0v) is 18.5. The fraction of sp³-hybridized carbons (Fsp3) is 0.227. The Bertz CT molecular complexity index is 1200. The molecule has 0 aliphatic heterocycles. The van der Waals surface area contributed by atoms with E-state index < -0.39 is 0 Å². The van der Waals surface area contributed by atoms with Crippen molar-refractivity contribution in [1.29, 1.82) is 0 Å². The third-order valence-electron chi connectivity index (χ3n) is 4.43. The predicted molar refractivity (Wildman–Crippen MR) is 122 cm³/mol. The van der Waals surface area contributed by atoms with E-state index >= 15 is 0 Å². The summed E-state index contributed by atoms with van der Waals surface area (Å²) in [6, 6.07) is 9.56. The molecule has 6 nitrogen and oxygen atoms in total. The Morgan fingerprint density at radius 1 is 1.03 bits per heavy atom. The lowest BCUT2D eigenvalue weighted by molar-refractivity contribution is 0.288. The van der Waals surface area contributed by atoms with Gasteiger partial charge in [-0.1, -0.05) is 17.7 Å². The lowest BCUT2D eigenvalue weighted by Gasteiger charge is -2.14. The Morgan fingerprint density at radius 2 is 1.80 bits per heavy atom. The molecule has 8 heteroatoms. The molecule has 0 saturated heterocycles. The monoisotopic (exact) mass is 440 g/mol. The summed E-state index contributed by atoms with van der Waals surface area (Å²) in [6.07, 6.45) is 1.52. The molecular weight excluding hydrogens is 420 g/mol. The van der Waals surface area contributed by atoms with Gasteiger partial charge in [-0.15, -0.1) is 11.3 Å². The number of fused-ring (bicyclic) bond motifs is 1. The summed E-state index contributed by atoms with van der Waals surface area (Å²) < 4.78 is 11.5. The molecule has 0 saturated carbocycles. The zero-order chi connectivity index (χ0) is 21.1. The van der Waals surface area contributed by atoms with Gasteiger partial charge in [0, 0.05) is 22.4 Å². The van der Waals surface area contributed by atoms with Crippen LogP contribution in [0, 0.1) is 6.92 Å². The van der Waals surface area contributed by atoms with Crippen molar-refractivity contribution in [3.05, 3.63) is 52.1 Å². The van der Waals surface area contributed by atoms with Crippen molar-refractivity contribution in [2.45, 2.75) is 20.8 Å². The number of aryl methyl sites for hydroxylation is 1. The molecule has 4 aromatic rings. The van der Waals surface area contributed by atoms with E-state index in [4.69, 9.17) is 21.1 Å². The van der Waals surface area contributed by atoms with Gasteiger partial charge in [-0.2, -0.15) is 0 Å². The first-order chi connectivity index (χ1) is 14.6. The fourth-order valence-electron chi connectivity index (χ4n) is 3.10. The summed E-state index contributed by atoms with van der Waals surface area (Å²) in [5.74, 6) is 1.95. The smallest absolute Gasteiger partial charge is 0.163 e. The van der Waals surface area contributed by atoms with Crippen LogP contribution in [0.3, 0.4) is 0 Å². The van der Waals surface area contributed by atoms with E-state index in [0.717, 1.165) is 32.9 Å². The van der Waals surface area contributed by atoms with Crippen molar-refractivity contribution in [3.8, 4) is 22.8 Å². The third-order valence-corrected chi connectivity index (χ3v) is 5.54. The van der Waals surface area contributed by atoms with Gasteiger partial charge in [0.05, 0.1) is 40.1 Å². The Balaban J connectivity index is 1.76. The van der Waals surface area contributed by atoms with Gasteiger partial charge in [-0.25, -0.2) is 15.0 Å². The fourth-order valence-corrected chi connectivity index (χ4v) is 3.89. The molecule has 0 fully saturated rings. The number of anilines is 2. The number of hydrogen-bond acceptors (Lipinski definition) is 7. The van der Waals surface area contributed by atoms with Crippen LogP contribution in [-0.2, 0) is 0 Å². The number of rotatable bonds is 7. The van der Waals surface area contributed by atoms with E-state index in [1.807, 2.05) is 56.5 Å². The minimum Gasteiger partial charge on any atom is -0.490 e. The van der Waals surface area contributed by atoms with Crippen molar-refractivity contribution in [2.75, 3.05) is 18.5 Å². The Morgan fingerprint density at radius 3 is 2.50 bits per heavy atom. The van der Waals surface area contributed by atoms with Crippen molar-refractivity contribution >= 4 is 45.3 Å². The first-order valence-electron chi connectivity index (χ1n) is 9.62. The normalized spacial score (nSPS) is 10.9. The van der Waals surface area contributed by atoms with Crippen molar-refractivity contribution in [1.82, 2.24) is 15.0 Å². The summed E-state index contributed by atoms with van der Waals surface area (Å²) in [6.45, 7) is 6.93. The molecule has 4 rings (SSSR count). The Labute approximate surface area is 183 Å². The molecule has 2 aromatic heterocycles. The first-order valence-corrected chi connectivity index (χ1v) is 10.9. The van der Waals surface area contributed by atoms with Crippen molar-refractivity contribution in [3.63, 3.8) is 0 Å². The second-order valence-electron chi connectivity index (χ2n) is 6.48. The molecule has 2 heterocycles. The number of thiazole rings is 1. The summed E-state index contributed by atoms with van der Waals surface area (Å²) in [5.41, 5.74) is 3.40. The van der Waals surface area contributed by atoms with Crippen LogP contribution < -0.4 is 14.8 Å². The summed E-state index contributed by atoms with van der Waals surface area (Å²) in [5, 5.41) is 7.81. The quantitative estimate of drug-likeness (QED) is 0.366. The summed E-state index contributed by atoms with van der Waals surface area (Å²) >= 11 is 8.08. The highest BCUT2D eigenvalue weighted by atomic mass is 35.5. The summed E-state index contributed by atoms with van der Waals surface area (Å²) in [4.78, 5) is 13.4. The molecule has 154 valence electrons. The predicted octanol–water partition coefficient (Wildman–Crippen LogP) is 6.26. The van der Waals surface area contributed by atoms with Gasteiger partial charge in [-0.05, 0) is 39.0 Å². The van der Waals surface area contributed by atoms with Crippen molar-refractivity contribution < 1.29 is 9.47 Å². The minimum absolute atomic E-state index is 0.531. The second-order valence-corrected chi connectivity index (χ2v) is 7.95. The van der Waals surface area contributed by atoms with Gasteiger partial charge in [0.2, 0.25) is 0 Å². The number of benzene rings is 2. The van der Waals surface area contributed by atoms with Gasteiger partial charge >= 0.3 is 0 Å². The lowest BCUT2D eigenvalue weighted by Crippen LogP contribution is -2.01. The van der Waals surface area contributed by atoms with Crippen LogP contribution in [0.5, 0.6) is 11.5 Å². The molecule has 0 unspecified atom stereocenters. The van der Waals surface area contributed by atoms with E-state index in [1.54, 1.807) is 11.3 Å². The van der Waals surface area contributed by atoms with Crippen LogP contribution >= 0.6 is 22.9 Å². The van der Waals surface area contributed by atoms with Crippen LogP contribution in [0.2, 0.25) is 5.02 Å². The molecule has 2 aromatic carbocycles. The van der Waals surface area contributed by atoms with Crippen LogP contribution in [0.4, 0.5) is 11.5 Å². The van der Waals surface area contributed by atoms with E-state index in [9.17, 15) is 0 Å². The van der Waals surface area contributed by atoms with Crippen molar-refractivity contribution in [2.24, 2.45) is 0 Å². The topological polar surface area (TPSA) is 69.2 Å². The molecular formula is C22H21ClN4O2S. The number of nitrogens with zero attached hydrogens (tertiary/aromatic N) is 3. The molecule has 0 spiro atoms. The average molecular weight is 441 g/mol. The second kappa shape index (κ2) is 8.85. The number of aromatic nitrogens is 3. The average Bonchev–Trinajstić information content (AvgIpc) is 3.17. The third kappa shape index (κ3) is 4.17. The molecule has 0 atom stereocenters. The number of ether oxygens (including phenoxy) is 2. The van der Waals surface area contributed by atoms with Crippen LogP contribution in [0.1, 0.15) is 18.9 Å². The highest BCUT2D eigenvalue weighted by Crippen LogP contribution is 2.37. The van der Waals surface area contributed by atoms with E-state index in [2.05, 4.69) is 20.3 Å². The Kier molecular flexibility index (Phi) is 6.01. The molecule has 1 N–H and O–H groups in total. The SMILES string of the molecule is CCOc1cc2ncnc(Nc3cc(-c4csc(C)n4)ccc3Cl)c2cc1OCC. The molecule has 0 radical (unpaired) electrons. The molecule has 30 heavy (non-hydrogen) atoms. The maximum absolute atomic E-state index is 6.47. The lowest BCUT2D eigenvalue weighted by atomic mass is 10.1. The van der Waals surface area contributed by atoms with Crippen LogP contribution in [0.25, 0.3) is 22.2 Å². The molecule has 0 bridgehead atoms. The van der Waals surface area contributed by atoms with Gasteiger partial charge in [0.1, 0.15) is 12.1 Å². The highest BCUT2D eigenvalue weighted by molar-refractivity contribution is 7.09. The van der Waals surface area contributed by atoms with E-state index in [1.165, 1.54) is 6.33 Å².